The zero-order chi connectivity index (χ0) is 19.3. The van der Waals surface area contributed by atoms with Gasteiger partial charge in [0.2, 0.25) is 0 Å². The van der Waals surface area contributed by atoms with Crippen molar-refractivity contribution in [3.63, 3.8) is 0 Å². The fourth-order valence-electron chi connectivity index (χ4n) is 4.41. The van der Waals surface area contributed by atoms with Crippen LogP contribution in [0.1, 0.15) is 70.8 Å². The highest BCUT2D eigenvalue weighted by molar-refractivity contribution is 7.10. The Morgan fingerprint density at radius 1 is 1.19 bits per heavy atom. The van der Waals surface area contributed by atoms with Crippen molar-refractivity contribution in [3.8, 4) is 0 Å². The van der Waals surface area contributed by atoms with Crippen molar-refractivity contribution in [2.24, 2.45) is 11.3 Å². The molecule has 0 saturated carbocycles. The monoisotopic (exact) mass is 381 g/mol. The van der Waals surface area contributed by atoms with Crippen molar-refractivity contribution in [1.29, 1.82) is 0 Å². The summed E-state index contributed by atoms with van der Waals surface area (Å²) in [5.41, 5.74) is 5.28. The van der Waals surface area contributed by atoms with Crippen LogP contribution in [0.4, 0.5) is 5.69 Å². The van der Waals surface area contributed by atoms with Gasteiger partial charge in [0, 0.05) is 28.1 Å². The summed E-state index contributed by atoms with van der Waals surface area (Å²) in [6, 6.07) is 5.72. The summed E-state index contributed by atoms with van der Waals surface area (Å²) < 4.78 is 0. The second-order valence-electron chi connectivity index (χ2n) is 8.96. The van der Waals surface area contributed by atoms with Crippen LogP contribution in [-0.4, -0.2) is 18.2 Å². The molecule has 2 heterocycles. The first-order valence-corrected chi connectivity index (χ1v) is 10.7. The molecule has 2 aromatic rings. The molecule has 1 aromatic heterocycles. The summed E-state index contributed by atoms with van der Waals surface area (Å²) in [5, 5.41) is 2.07. The Morgan fingerprint density at radius 2 is 1.96 bits per heavy atom. The molecule has 0 radical (unpaired) electrons. The predicted octanol–water partition coefficient (Wildman–Crippen LogP) is 5.30. The van der Waals surface area contributed by atoms with Crippen molar-refractivity contribution in [2.45, 2.75) is 53.4 Å². The van der Waals surface area contributed by atoms with Gasteiger partial charge in [-0.15, -0.1) is 11.3 Å². The van der Waals surface area contributed by atoms with E-state index in [1.54, 1.807) is 18.3 Å². The van der Waals surface area contributed by atoms with Crippen LogP contribution in [0.25, 0.3) is 0 Å². The molecule has 2 aliphatic rings. The number of amides is 1. The zero-order valence-electron chi connectivity index (χ0n) is 16.6. The number of anilines is 1. The van der Waals surface area contributed by atoms with E-state index in [-0.39, 0.29) is 11.7 Å². The normalized spacial score (nSPS) is 19.0. The van der Waals surface area contributed by atoms with E-state index in [4.69, 9.17) is 0 Å². The molecular formula is C23H27NO2S. The first-order valence-electron chi connectivity index (χ1n) is 9.80. The highest BCUT2D eigenvalue weighted by Gasteiger charge is 2.34. The third-order valence-corrected chi connectivity index (χ3v) is 7.29. The molecular weight excluding hydrogens is 354 g/mol. The molecule has 0 fully saturated rings. The molecule has 4 heteroatoms. The van der Waals surface area contributed by atoms with Crippen LogP contribution in [-0.2, 0) is 19.3 Å². The lowest BCUT2D eigenvalue weighted by Gasteiger charge is -2.34. The topological polar surface area (TPSA) is 37.4 Å². The summed E-state index contributed by atoms with van der Waals surface area (Å²) in [6.07, 6.45) is 4.08. The van der Waals surface area contributed by atoms with E-state index in [9.17, 15) is 9.59 Å². The third-order valence-electron chi connectivity index (χ3n) is 6.24. The number of carbonyl (C=O) groups excluding carboxylic acids is 2. The van der Waals surface area contributed by atoms with Crippen LogP contribution in [0, 0.1) is 11.3 Å². The average Bonchev–Trinajstić information content (AvgIpc) is 3.23. The first-order chi connectivity index (χ1) is 12.8. The van der Waals surface area contributed by atoms with E-state index >= 15 is 0 Å². The number of ketones is 1. The van der Waals surface area contributed by atoms with Gasteiger partial charge in [0.25, 0.3) is 5.91 Å². The maximum atomic E-state index is 13.3. The Kier molecular flexibility index (Phi) is 4.50. The summed E-state index contributed by atoms with van der Waals surface area (Å²) in [4.78, 5) is 28.2. The lowest BCUT2D eigenvalue weighted by molar-refractivity contribution is 0.0986. The van der Waals surface area contributed by atoms with Gasteiger partial charge in [-0.25, -0.2) is 0 Å². The van der Waals surface area contributed by atoms with Gasteiger partial charge in [-0.05, 0) is 73.3 Å². The van der Waals surface area contributed by atoms with Gasteiger partial charge < -0.3 is 4.90 Å². The van der Waals surface area contributed by atoms with Gasteiger partial charge in [-0.2, -0.15) is 0 Å². The van der Waals surface area contributed by atoms with Gasteiger partial charge in [-0.3, -0.25) is 9.59 Å². The summed E-state index contributed by atoms with van der Waals surface area (Å²) >= 11 is 1.75. The van der Waals surface area contributed by atoms with Crippen LogP contribution >= 0.6 is 11.3 Å². The third kappa shape index (κ3) is 3.25. The summed E-state index contributed by atoms with van der Waals surface area (Å²) in [5.74, 6) is 0.878. The Morgan fingerprint density at radius 3 is 2.67 bits per heavy atom. The Labute approximate surface area is 165 Å². The molecule has 0 N–H and O–H groups in total. The van der Waals surface area contributed by atoms with Crippen molar-refractivity contribution in [3.05, 3.63) is 50.7 Å². The lowest BCUT2D eigenvalue weighted by atomic mass is 9.72. The first kappa shape index (κ1) is 18.4. The molecule has 0 bridgehead atoms. The SMILES string of the molecule is CC(=O)c1ccc2c(c1)CCN2C(=O)c1csc2c1CCC(C(C)(C)C)C2. The fourth-order valence-corrected chi connectivity index (χ4v) is 5.56. The number of hydrogen-bond donors (Lipinski definition) is 0. The van der Waals surface area contributed by atoms with Gasteiger partial charge in [0.05, 0.1) is 5.56 Å². The van der Waals surface area contributed by atoms with Crippen LogP contribution in [0.3, 0.4) is 0 Å². The van der Waals surface area contributed by atoms with Crippen molar-refractivity contribution in [1.82, 2.24) is 0 Å². The molecule has 0 saturated heterocycles. The number of benzene rings is 1. The molecule has 1 amide bonds. The van der Waals surface area contributed by atoms with Gasteiger partial charge in [0.15, 0.2) is 5.78 Å². The number of nitrogens with zero attached hydrogens (tertiary/aromatic N) is 1. The van der Waals surface area contributed by atoms with Crippen LogP contribution in [0.15, 0.2) is 23.6 Å². The second-order valence-corrected chi connectivity index (χ2v) is 9.93. The quantitative estimate of drug-likeness (QED) is 0.662. The van der Waals surface area contributed by atoms with E-state index in [2.05, 4.69) is 26.2 Å². The maximum absolute atomic E-state index is 13.3. The predicted molar refractivity (Wildman–Crippen MR) is 111 cm³/mol. The van der Waals surface area contributed by atoms with Gasteiger partial charge in [0.1, 0.15) is 0 Å². The van der Waals surface area contributed by atoms with Crippen LogP contribution < -0.4 is 4.90 Å². The number of hydrogen-bond acceptors (Lipinski definition) is 3. The molecule has 1 aromatic carbocycles. The number of fused-ring (bicyclic) bond motifs is 2. The fraction of sp³-hybridized carbons (Fsp3) is 0.478. The Balaban J connectivity index is 1.60. The minimum atomic E-state index is 0.0721. The van der Waals surface area contributed by atoms with Gasteiger partial charge in [-0.1, -0.05) is 20.8 Å². The zero-order valence-corrected chi connectivity index (χ0v) is 17.4. The van der Waals surface area contributed by atoms with Crippen molar-refractivity contribution in [2.75, 3.05) is 11.4 Å². The number of thiophene rings is 1. The molecule has 1 aliphatic heterocycles. The average molecular weight is 382 g/mol. The van der Waals surface area contributed by atoms with E-state index in [1.807, 2.05) is 23.1 Å². The minimum Gasteiger partial charge on any atom is -0.308 e. The molecule has 27 heavy (non-hydrogen) atoms. The molecule has 3 nitrogen and oxygen atoms in total. The summed E-state index contributed by atoms with van der Waals surface area (Å²) in [6.45, 7) is 9.24. The van der Waals surface area contributed by atoms with Crippen LogP contribution in [0.2, 0.25) is 0 Å². The van der Waals surface area contributed by atoms with E-state index < -0.39 is 0 Å². The van der Waals surface area contributed by atoms with Crippen molar-refractivity contribution < 1.29 is 9.59 Å². The molecule has 1 atom stereocenters. The largest absolute Gasteiger partial charge is 0.308 e. The maximum Gasteiger partial charge on any atom is 0.259 e. The highest BCUT2D eigenvalue weighted by atomic mass is 32.1. The Hall–Kier alpha value is -1.94. The molecule has 1 aliphatic carbocycles. The molecule has 142 valence electrons. The lowest BCUT2D eigenvalue weighted by Crippen LogP contribution is -2.31. The Bertz CT molecular complexity index is 919. The molecule has 1 unspecified atom stereocenters. The number of rotatable bonds is 2. The standard InChI is InChI=1S/C23H27NO2S/c1-14(25)15-5-8-20-16(11-15)9-10-24(20)22(26)19-13-27-21-12-17(23(2,3)4)6-7-18(19)21/h5,8,11,13,17H,6-7,9-10,12H2,1-4H3. The van der Waals surface area contributed by atoms with Crippen molar-refractivity contribution >= 4 is 28.7 Å². The second kappa shape index (κ2) is 6.59. The van der Waals surface area contributed by atoms with E-state index in [0.717, 1.165) is 48.1 Å². The highest BCUT2D eigenvalue weighted by Crippen LogP contribution is 2.41. The number of carbonyl (C=O) groups is 2. The van der Waals surface area contributed by atoms with E-state index in [0.29, 0.717) is 17.9 Å². The van der Waals surface area contributed by atoms with E-state index in [1.165, 1.54) is 10.4 Å². The minimum absolute atomic E-state index is 0.0721. The van der Waals surface area contributed by atoms with Gasteiger partial charge >= 0.3 is 0 Å². The summed E-state index contributed by atoms with van der Waals surface area (Å²) in [7, 11) is 0. The molecule has 0 spiro atoms. The number of Topliss-reactive ketones (excluding diaryl/α,β-unsaturated/α-hetero) is 1. The smallest absolute Gasteiger partial charge is 0.259 e. The molecule has 4 rings (SSSR count). The van der Waals surface area contributed by atoms with Crippen LogP contribution in [0.5, 0.6) is 0 Å².